The quantitative estimate of drug-likeness (QED) is 0.309. The van der Waals surface area contributed by atoms with Crippen molar-refractivity contribution in [2.75, 3.05) is 24.5 Å². The fraction of sp³-hybridized carbons (Fsp3) is 0.406. The van der Waals surface area contributed by atoms with E-state index in [1.54, 1.807) is 11.0 Å². The molecule has 200 valence electrons. The number of amides is 1. The van der Waals surface area contributed by atoms with Crippen LogP contribution < -0.4 is 4.90 Å². The molecule has 0 N–H and O–H groups in total. The summed E-state index contributed by atoms with van der Waals surface area (Å²) in [4.78, 5) is 16.8. The maximum absolute atomic E-state index is 14.9. The molecule has 2 heterocycles. The van der Waals surface area contributed by atoms with Gasteiger partial charge >= 0.3 is 6.09 Å². The predicted molar refractivity (Wildman–Crippen MR) is 147 cm³/mol. The van der Waals surface area contributed by atoms with E-state index in [2.05, 4.69) is 30.9 Å². The van der Waals surface area contributed by atoms with Gasteiger partial charge in [0.1, 0.15) is 17.2 Å². The first-order valence-electron chi connectivity index (χ1n) is 13.8. The number of para-hydroxylation sites is 1. The lowest BCUT2D eigenvalue weighted by molar-refractivity contribution is -0.000981. The van der Waals surface area contributed by atoms with Gasteiger partial charge in [0.2, 0.25) is 0 Å². The Kier molecular flexibility index (Phi) is 7.80. The first-order valence-corrected chi connectivity index (χ1v) is 13.8. The molecule has 38 heavy (non-hydrogen) atoms. The predicted octanol–water partition coefficient (Wildman–Crippen LogP) is 7.53. The molecule has 2 aliphatic rings. The Hall–Kier alpha value is -3.25. The van der Waals surface area contributed by atoms with Crippen LogP contribution in [0, 0.1) is 11.6 Å². The van der Waals surface area contributed by atoms with E-state index in [9.17, 15) is 13.6 Å². The number of benzene rings is 3. The van der Waals surface area contributed by atoms with Crippen LogP contribution in [-0.2, 0) is 24.1 Å². The van der Waals surface area contributed by atoms with Crippen LogP contribution in [0.4, 0.5) is 19.3 Å². The van der Waals surface area contributed by atoms with E-state index in [1.807, 2.05) is 30.3 Å². The van der Waals surface area contributed by atoms with Crippen LogP contribution in [-0.4, -0.2) is 36.2 Å². The van der Waals surface area contributed by atoms with Crippen LogP contribution in [0.25, 0.3) is 11.1 Å². The molecule has 2 aliphatic heterocycles. The van der Waals surface area contributed by atoms with Gasteiger partial charge < -0.3 is 4.74 Å². The molecule has 4 nitrogen and oxygen atoms in total. The molecule has 1 amide bonds. The number of carbonyl (C=O) groups is 1. The number of piperidine rings is 1. The van der Waals surface area contributed by atoms with Gasteiger partial charge in [-0.2, -0.15) is 0 Å². The maximum Gasteiger partial charge on any atom is 0.415 e. The number of nitrogens with zero attached hydrogens (tertiary/aromatic N) is 2. The van der Waals surface area contributed by atoms with Crippen LogP contribution in [0.2, 0.25) is 0 Å². The summed E-state index contributed by atoms with van der Waals surface area (Å²) in [7, 11) is 0. The molecular weight excluding hydrogens is 482 g/mol. The van der Waals surface area contributed by atoms with Gasteiger partial charge in [-0.25, -0.2) is 13.6 Å². The van der Waals surface area contributed by atoms with Crippen molar-refractivity contribution < 1.29 is 18.3 Å². The fourth-order valence-corrected chi connectivity index (χ4v) is 5.97. The lowest BCUT2D eigenvalue weighted by atomic mass is 9.87. The molecule has 0 aromatic heterocycles. The second-order valence-electron chi connectivity index (χ2n) is 10.7. The Balaban J connectivity index is 1.34. The number of halogens is 2. The van der Waals surface area contributed by atoms with Crippen molar-refractivity contribution in [2.45, 2.75) is 64.5 Å². The fourth-order valence-electron chi connectivity index (χ4n) is 5.97. The summed E-state index contributed by atoms with van der Waals surface area (Å²) in [5.74, 6) is -1.07. The number of aryl methyl sites for hydroxylation is 2. The van der Waals surface area contributed by atoms with E-state index in [4.69, 9.17) is 4.74 Å². The van der Waals surface area contributed by atoms with Gasteiger partial charge in [0.25, 0.3) is 0 Å². The van der Waals surface area contributed by atoms with E-state index in [-0.39, 0.29) is 6.09 Å². The maximum atomic E-state index is 14.9. The highest BCUT2D eigenvalue weighted by Gasteiger charge is 2.47. The van der Waals surface area contributed by atoms with Crippen LogP contribution in [0.1, 0.15) is 56.2 Å². The average Bonchev–Trinajstić information content (AvgIpc) is 3.23. The van der Waals surface area contributed by atoms with Crippen LogP contribution >= 0.6 is 0 Å². The normalized spacial score (nSPS) is 17.3. The van der Waals surface area contributed by atoms with Crippen LogP contribution in [0.3, 0.4) is 0 Å². The third-order valence-electron chi connectivity index (χ3n) is 7.81. The zero-order chi connectivity index (χ0) is 26.7. The monoisotopic (exact) mass is 518 g/mol. The number of ether oxygens (including phenoxy) is 1. The van der Waals surface area contributed by atoms with Crippen molar-refractivity contribution in [3.05, 3.63) is 89.0 Å². The lowest BCUT2D eigenvalue weighted by Crippen LogP contribution is -2.46. The molecule has 3 aromatic carbocycles. The minimum atomic E-state index is -0.556. The molecule has 0 atom stereocenters. The summed E-state index contributed by atoms with van der Waals surface area (Å²) in [5.41, 5.74) is 5.30. The van der Waals surface area contributed by atoms with Gasteiger partial charge in [-0.1, -0.05) is 57.0 Å². The summed E-state index contributed by atoms with van der Waals surface area (Å²) >= 11 is 0. The molecule has 1 spiro atoms. The molecule has 0 radical (unpaired) electrons. The molecule has 0 aliphatic carbocycles. The molecule has 3 aromatic rings. The topological polar surface area (TPSA) is 32.8 Å². The number of hydrogen-bond donors (Lipinski definition) is 0. The Bertz CT molecular complexity index is 1260. The van der Waals surface area contributed by atoms with Gasteiger partial charge in [0.05, 0.1) is 6.54 Å². The van der Waals surface area contributed by atoms with E-state index < -0.39 is 17.2 Å². The highest BCUT2D eigenvalue weighted by molar-refractivity contribution is 5.90. The average molecular weight is 519 g/mol. The third kappa shape index (κ3) is 5.46. The highest BCUT2D eigenvalue weighted by atomic mass is 19.1. The van der Waals surface area contributed by atoms with Crippen LogP contribution in [0.15, 0.2) is 60.7 Å². The molecule has 0 unspecified atom stereocenters. The summed E-state index contributed by atoms with van der Waals surface area (Å²) in [6, 6.07) is 18.0. The van der Waals surface area contributed by atoms with Gasteiger partial charge in [0.15, 0.2) is 0 Å². The standard InChI is InChI=1S/C32H36F2N2O2/c1-3-8-24-18-23(19-25(9-4-2)30(24)28-13-12-26(33)20-29(28)34)21-35-16-14-32(15-17-35)22-36(31(37)38-32)27-10-6-5-7-11-27/h5-7,10-13,18-20H,3-4,8-9,14-17,21-22H2,1-2H3. The number of likely N-dealkylation sites (tertiary alicyclic amines) is 1. The van der Waals surface area contributed by atoms with Crippen molar-refractivity contribution >= 4 is 11.8 Å². The summed E-state index contributed by atoms with van der Waals surface area (Å²) < 4.78 is 34.5. The summed E-state index contributed by atoms with van der Waals surface area (Å²) in [6.07, 6.45) is 4.90. The SMILES string of the molecule is CCCc1cc(CN2CCC3(CC2)CN(c2ccccc2)C(=O)O3)cc(CCC)c1-c1ccc(F)cc1F. The second-order valence-corrected chi connectivity index (χ2v) is 10.7. The van der Waals surface area contributed by atoms with Crippen molar-refractivity contribution in [3.63, 3.8) is 0 Å². The first-order chi connectivity index (χ1) is 18.4. The molecule has 0 saturated carbocycles. The molecule has 2 saturated heterocycles. The van der Waals surface area contributed by atoms with Crippen molar-refractivity contribution in [3.8, 4) is 11.1 Å². The molecule has 5 rings (SSSR count). The van der Waals surface area contributed by atoms with Crippen molar-refractivity contribution in [1.29, 1.82) is 0 Å². The minimum absolute atomic E-state index is 0.262. The summed E-state index contributed by atoms with van der Waals surface area (Å²) in [5, 5.41) is 0. The van der Waals surface area contributed by atoms with Gasteiger partial charge in [-0.15, -0.1) is 0 Å². The smallest absolute Gasteiger partial charge is 0.415 e. The lowest BCUT2D eigenvalue weighted by Gasteiger charge is -2.37. The van der Waals surface area contributed by atoms with Gasteiger partial charge in [-0.05, 0) is 59.4 Å². The van der Waals surface area contributed by atoms with E-state index in [0.29, 0.717) is 12.1 Å². The Morgan fingerprint density at radius 2 is 1.55 bits per heavy atom. The minimum Gasteiger partial charge on any atom is -0.441 e. The molecule has 0 bridgehead atoms. The number of rotatable bonds is 8. The Morgan fingerprint density at radius 1 is 0.895 bits per heavy atom. The molecule has 6 heteroatoms. The van der Waals surface area contributed by atoms with Gasteiger partial charge in [0, 0.05) is 49.8 Å². The van der Waals surface area contributed by atoms with Crippen molar-refractivity contribution in [1.82, 2.24) is 4.90 Å². The largest absolute Gasteiger partial charge is 0.441 e. The highest BCUT2D eigenvalue weighted by Crippen LogP contribution is 2.37. The van der Waals surface area contributed by atoms with Gasteiger partial charge in [-0.3, -0.25) is 9.80 Å². The van der Waals surface area contributed by atoms with E-state index in [0.717, 1.165) is 86.6 Å². The number of carbonyl (C=O) groups excluding carboxylic acids is 1. The Labute approximate surface area is 224 Å². The first kappa shape index (κ1) is 26.4. The number of anilines is 1. The molecule has 2 fully saturated rings. The third-order valence-corrected chi connectivity index (χ3v) is 7.81. The molecular formula is C32H36F2N2O2. The van der Waals surface area contributed by atoms with E-state index >= 15 is 0 Å². The summed E-state index contributed by atoms with van der Waals surface area (Å²) in [6.45, 7) is 7.33. The zero-order valence-electron chi connectivity index (χ0n) is 22.3. The number of hydrogen-bond acceptors (Lipinski definition) is 3. The Morgan fingerprint density at radius 3 is 2.16 bits per heavy atom. The second kappa shape index (κ2) is 11.2. The van der Waals surface area contributed by atoms with E-state index in [1.165, 1.54) is 11.6 Å². The van der Waals surface area contributed by atoms with Crippen LogP contribution in [0.5, 0.6) is 0 Å². The van der Waals surface area contributed by atoms with Crippen molar-refractivity contribution in [2.24, 2.45) is 0 Å². The zero-order valence-corrected chi connectivity index (χ0v) is 22.3.